The fraction of sp³-hybridized carbons (Fsp3) is 0.292. The first-order chi connectivity index (χ1) is 15.5. The lowest BCUT2D eigenvalue weighted by Crippen LogP contribution is -2.27. The van der Waals surface area contributed by atoms with E-state index in [1.54, 1.807) is 42.5 Å². The van der Waals surface area contributed by atoms with E-state index in [2.05, 4.69) is 24.1 Å². The highest BCUT2D eigenvalue weighted by Gasteiger charge is 2.16. The van der Waals surface area contributed by atoms with Crippen molar-refractivity contribution in [2.75, 3.05) is 38.7 Å². The molecule has 3 aromatic rings. The minimum atomic E-state index is -0.770. The van der Waals surface area contributed by atoms with Gasteiger partial charge in [-0.2, -0.15) is 0 Å². The van der Waals surface area contributed by atoms with E-state index in [9.17, 15) is 14.4 Å². The quantitative estimate of drug-likeness (QED) is 0.370. The number of fused-ring (bicyclic) bond motifs is 1. The van der Waals surface area contributed by atoms with Gasteiger partial charge in [0.1, 0.15) is 12.2 Å². The monoisotopic (exact) mass is 474 g/mol. The first-order valence-corrected chi connectivity index (χ1v) is 10.4. The highest BCUT2D eigenvalue weighted by Crippen LogP contribution is 2.24. The Morgan fingerprint density at radius 3 is 2.39 bits per heavy atom. The summed E-state index contributed by atoms with van der Waals surface area (Å²) in [5.74, 6) is -0.636. The molecule has 0 radical (unpaired) electrons. The Bertz CT molecular complexity index is 1160. The van der Waals surface area contributed by atoms with Crippen molar-refractivity contribution in [3.63, 3.8) is 0 Å². The molecule has 0 saturated carbocycles. The second-order valence-corrected chi connectivity index (χ2v) is 7.02. The molecule has 0 aliphatic heterocycles. The Hall–Kier alpha value is -3.36. The molecule has 176 valence electrons. The molecule has 2 aromatic carbocycles. The molecule has 0 aliphatic rings. The molecule has 9 heteroatoms. The van der Waals surface area contributed by atoms with Crippen LogP contribution in [-0.2, 0) is 4.74 Å². The molecule has 0 bridgehead atoms. The van der Waals surface area contributed by atoms with Crippen molar-refractivity contribution in [3.05, 3.63) is 70.1 Å². The molecule has 8 nitrogen and oxygen atoms in total. The van der Waals surface area contributed by atoms with Gasteiger partial charge in [0.05, 0.1) is 12.7 Å². The topological polar surface area (TPSA) is 98.1 Å². The summed E-state index contributed by atoms with van der Waals surface area (Å²) in [5, 5.41) is 3.21. The van der Waals surface area contributed by atoms with Crippen LogP contribution in [0.5, 0.6) is 5.75 Å². The predicted octanol–water partition coefficient (Wildman–Crippen LogP) is 3.97. The van der Waals surface area contributed by atoms with E-state index in [-0.39, 0.29) is 23.6 Å². The number of hydrogen-bond donors (Lipinski definition) is 1. The third kappa shape index (κ3) is 6.34. The van der Waals surface area contributed by atoms with Crippen molar-refractivity contribution in [2.24, 2.45) is 0 Å². The molecule has 0 spiro atoms. The van der Waals surface area contributed by atoms with Crippen molar-refractivity contribution < 1.29 is 23.5 Å². The van der Waals surface area contributed by atoms with Crippen molar-refractivity contribution in [3.8, 4) is 5.75 Å². The van der Waals surface area contributed by atoms with Crippen molar-refractivity contribution in [1.82, 2.24) is 4.90 Å². The van der Waals surface area contributed by atoms with Crippen LogP contribution in [0, 0.1) is 0 Å². The number of esters is 1. The molecule has 33 heavy (non-hydrogen) atoms. The number of hydrogen-bond acceptors (Lipinski definition) is 7. The van der Waals surface area contributed by atoms with Gasteiger partial charge in [-0.05, 0) is 49.5 Å². The molecule has 1 heterocycles. The first kappa shape index (κ1) is 25.9. The largest absolute Gasteiger partial charge is 0.493 e. The lowest BCUT2D eigenvalue weighted by Gasteiger charge is -2.17. The SMILES string of the molecule is CCN(CC)CCOC(=O)c1ccc(NC(=O)c2cc3cccc(OC)c3oc2=O)cc1.Cl. The fourth-order valence-electron chi connectivity index (χ4n) is 3.22. The van der Waals surface area contributed by atoms with Gasteiger partial charge in [0.25, 0.3) is 5.91 Å². The Balaban J connectivity index is 0.00000385. The van der Waals surface area contributed by atoms with E-state index >= 15 is 0 Å². The average molecular weight is 475 g/mol. The molecule has 0 fully saturated rings. The zero-order chi connectivity index (χ0) is 23.1. The van der Waals surface area contributed by atoms with E-state index in [4.69, 9.17) is 13.9 Å². The minimum Gasteiger partial charge on any atom is -0.493 e. The molecule has 1 amide bonds. The number of para-hydroxylation sites is 1. The summed E-state index contributed by atoms with van der Waals surface area (Å²) in [7, 11) is 1.47. The number of nitrogens with zero attached hydrogens (tertiary/aromatic N) is 1. The maximum atomic E-state index is 12.6. The van der Waals surface area contributed by atoms with Crippen LogP contribution in [0.3, 0.4) is 0 Å². The van der Waals surface area contributed by atoms with Crippen LogP contribution in [0.25, 0.3) is 11.0 Å². The van der Waals surface area contributed by atoms with Gasteiger partial charge in [-0.1, -0.05) is 26.0 Å². The summed E-state index contributed by atoms with van der Waals surface area (Å²) in [6, 6.07) is 12.9. The van der Waals surface area contributed by atoms with Gasteiger partial charge in [0.15, 0.2) is 11.3 Å². The van der Waals surface area contributed by atoms with Gasteiger partial charge in [0.2, 0.25) is 0 Å². The third-order valence-corrected chi connectivity index (χ3v) is 5.10. The third-order valence-electron chi connectivity index (χ3n) is 5.10. The number of ether oxygens (including phenoxy) is 2. The second-order valence-electron chi connectivity index (χ2n) is 7.02. The number of likely N-dealkylation sites (N-methyl/N-ethyl adjacent to an activating group) is 1. The van der Waals surface area contributed by atoms with E-state index < -0.39 is 17.5 Å². The number of carbonyl (C=O) groups excluding carboxylic acids is 2. The number of halogens is 1. The highest BCUT2D eigenvalue weighted by atomic mass is 35.5. The Labute approximate surface area is 197 Å². The van der Waals surface area contributed by atoms with E-state index in [0.717, 1.165) is 13.1 Å². The molecule has 3 rings (SSSR count). The lowest BCUT2D eigenvalue weighted by atomic mass is 10.1. The van der Waals surface area contributed by atoms with Gasteiger partial charge in [-0.25, -0.2) is 9.59 Å². The molecule has 1 aromatic heterocycles. The fourth-order valence-corrected chi connectivity index (χ4v) is 3.22. The zero-order valence-corrected chi connectivity index (χ0v) is 19.6. The van der Waals surface area contributed by atoms with Crippen LogP contribution >= 0.6 is 12.4 Å². The summed E-state index contributed by atoms with van der Waals surface area (Å²) < 4.78 is 15.8. The molecular weight excluding hydrogens is 448 g/mol. The van der Waals surface area contributed by atoms with Crippen molar-refractivity contribution >= 4 is 40.9 Å². The predicted molar refractivity (Wildman–Crippen MR) is 129 cm³/mol. The van der Waals surface area contributed by atoms with E-state index in [0.29, 0.717) is 35.5 Å². The number of benzene rings is 2. The summed E-state index contributed by atoms with van der Waals surface area (Å²) in [6.07, 6.45) is 0. The summed E-state index contributed by atoms with van der Waals surface area (Å²) in [5.41, 5.74) is 0.179. The van der Waals surface area contributed by atoms with Gasteiger partial charge < -0.3 is 24.1 Å². The molecule has 0 atom stereocenters. The second kappa shape index (κ2) is 12.0. The minimum absolute atomic E-state index is 0. The van der Waals surface area contributed by atoms with Crippen LogP contribution in [-0.4, -0.2) is 50.1 Å². The first-order valence-electron chi connectivity index (χ1n) is 10.4. The number of nitrogens with one attached hydrogen (secondary N) is 1. The number of methoxy groups -OCH3 is 1. The van der Waals surface area contributed by atoms with Gasteiger partial charge in [-0.15, -0.1) is 12.4 Å². The summed E-state index contributed by atoms with van der Waals surface area (Å²) >= 11 is 0. The van der Waals surface area contributed by atoms with Crippen molar-refractivity contribution in [2.45, 2.75) is 13.8 Å². The average Bonchev–Trinajstić information content (AvgIpc) is 2.81. The Morgan fingerprint density at radius 1 is 1.06 bits per heavy atom. The Morgan fingerprint density at radius 2 is 1.76 bits per heavy atom. The van der Waals surface area contributed by atoms with Crippen LogP contribution in [0.15, 0.2) is 57.7 Å². The van der Waals surface area contributed by atoms with E-state index in [1.807, 2.05) is 0 Å². The van der Waals surface area contributed by atoms with Crippen LogP contribution in [0.2, 0.25) is 0 Å². The molecule has 0 aliphatic carbocycles. The van der Waals surface area contributed by atoms with Crippen LogP contribution in [0.1, 0.15) is 34.6 Å². The smallest absolute Gasteiger partial charge is 0.349 e. The van der Waals surface area contributed by atoms with Crippen LogP contribution in [0.4, 0.5) is 5.69 Å². The summed E-state index contributed by atoms with van der Waals surface area (Å²) in [4.78, 5) is 39.3. The number of amides is 1. The van der Waals surface area contributed by atoms with Gasteiger partial charge in [0, 0.05) is 17.6 Å². The lowest BCUT2D eigenvalue weighted by molar-refractivity contribution is 0.0466. The molecule has 0 saturated heterocycles. The normalized spacial score (nSPS) is 10.5. The maximum Gasteiger partial charge on any atom is 0.349 e. The van der Waals surface area contributed by atoms with Crippen LogP contribution < -0.4 is 15.7 Å². The number of rotatable bonds is 9. The van der Waals surface area contributed by atoms with E-state index in [1.165, 1.54) is 13.2 Å². The van der Waals surface area contributed by atoms with Gasteiger partial charge >= 0.3 is 11.6 Å². The number of anilines is 1. The Kier molecular flexibility index (Phi) is 9.44. The zero-order valence-electron chi connectivity index (χ0n) is 18.8. The molecular formula is C24H27ClN2O6. The molecule has 1 N–H and O–H groups in total. The number of carbonyl (C=O) groups is 2. The highest BCUT2D eigenvalue weighted by molar-refractivity contribution is 6.05. The standard InChI is InChI=1S/C24H26N2O6.ClH/c1-4-26(5-2)13-14-31-23(28)16-9-11-18(12-10-16)25-22(27)19-15-17-7-6-8-20(30-3)21(17)32-24(19)29;/h6-12,15H,4-5,13-14H2,1-3H3,(H,25,27);1H. The van der Waals surface area contributed by atoms with Crippen molar-refractivity contribution in [1.29, 1.82) is 0 Å². The molecule has 0 unspecified atom stereocenters. The summed E-state index contributed by atoms with van der Waals surface area (Å²) in [6.45, 7) is 6.87. The maximum absolute atomic E-state index is 12.6. The van der Waals surface area contributed by atoms with Gasteiger partial charge in [-0.3, -0.25) is 4.79 Å².